The molecule has 0 saturated carbocycles. The molecule has 34 heavy (non-hydrogen) atoms. The molecule has 3 saturated heterocycles. The van der Waals surface area contributed by atoms with E-state index in [0.717, 1.165) is 51.4 Å². The number of rotatable bonds is 14. The van der Waals surface area contributed by atoms with Gasteiger partial charge in [0, 0.05) is 31.0 Å². The molecule has 1 N–H and O–H groups in total. The highest BCUT2D eigenvalue weighted by Crippen LogP contribution is 2.66. The van der Waals surface area contributed by atoms with Gasteiger partial charge < -0.3 is 19.6 Å². The second kappa shape index (κ2) is 11.9. The van der Waals surface area contributed by atoms with Gasteiger partial charge in [-0.3, -0.25) is 14.4 Å². The summed E-state index contributed by atoms with van der Waals surface area (Å²) in [5, 5.41) is 9.11. The number of fused-ring (bicyclic) bond motifs is 1. The van der Waals surface area contributed by atoms with Gasteiger partial charge in [0.25, 0.3) is 0 Å². The van der Waals surface area contributed by atoms with Crippen molar-refractivity contribution in [3.63, 3.8) is 0 Å². The Morgan fingerprint density at radius 1 is 1.32 bits per heavy atom. The quantitative estimate of drug-likeness (QED) is 0.226. The van der Waals surface area contributed by atoms with Crippen molar-refractivity contribution in [3.8, 4) is 0 Å². The topological polar surface area (TPSA) is 87.2 Å². The minimum atomic E-state index is -0.563. The molecule has 3 aliphatic rings. The van der Waals surface area contributed by atoms with E-state index in [2.05, 4.69) is 20.4 Å². The lowest BCUT2D eigenvalue weighted by molar-refractivity contribution is -0.153. The fraction of sp³-hybridized carbons (Fsp3) is 0.808. The first-order valence-corrected chi connectivity index (χ1v) is 13.9. The summed E-state index contributed by atoms with van der Waals surface area (Å²) >= 11 is 1.69. The number of carbonyl (C=O) groups is 3. The van der Waals surface area contributed by atoms with Gasteiger partial charge in [-0.05, 0) is 46.0 Å². The van der Waals surface area contributed by atoms with Gasteiger partial charge in [0.1, 0.15) is 6.04 Å². The van der Waals surface area contributed by atoms with E-state index in [9.17, 15) is 14.4 Å². The maximum atomic E-state index is 14.2. The zero-order valence-corrected chi connectivity index (χ0v) is 21.9. The molecule has 0 aromatic heterocycles. The van der Waals surface area contributed by atoms with Crippen LogP contribution in [0.2, 0.25) is 0 Å². The Bertz CT molecular complexity index is 761. The highest BCUT2D eigenvalue weighted by molar-refractivity contribution is 8.02. The molecule has 7 nitrogen and oxygen atoms in total. The van der Waals surface area contributed by atoms with E-state index in [1.165, 1.54) is 0 Å². The molecule has 6 atom stereocenters. The SMILES string of the molecule is C=CCN(C(=O)C1N(CCCCCCO)C(=O)[C@@H]2[C@H](C(=O)OCC)[C@@H]3CCC12S3)C(C)CCC. The lowest BCUT2D eigenvalue weighted by Gasteiger charge is -2.39. The molecule has 0 aromatic rings. The number of nitrogens with zero attached hydrogens (tertiary/aromatic N) is 2. The Kier molecular flexibility index (Phi) is 9.49. The van der Waals surface area contributed by atoms with Gasteiger partial charge in [0.2, 0.25) is 11.8 Å². The average Bonchev–Trinajstić information content (AvgIpc) is 3.45. The lowest BCUT2D eigenvalue weighted by atomic mass is 9.71. The molecular weight excluding hydrogens is 452 g/mol. The normalized spacial score (nSPS) is 30.4. The van der Waals surface area contributed by atoms with Gasteiger partial charge in [-0.15, -0.1) is 18.3 Å². The van der Waals surface area contributed by atoms with Crippen LogP contribution in [0.3, 0.4) is 0 Å². The summed E-state index contributed by atoms with van der Waals surface area (Å²) in [4.78, 5) is 44.7. The van der Waals surface area contributed by atoms with Gasteiger partial charge in [0.05, 0.1) is 23.2 Å². The number of aliphatic hydroxyl groups is 1. The van der Waals surface area contributed by atoms with Crippen molar-refractivity contribution in [2.24, 2.45) is 11.8 Å². The molecule has 3 aliphatic heterocycles. The van der Waals surface area contributed by atoms with E-state index in [4.69, 9.17) is 9.84 Å². The Balaban J connectivity index is 1.94. The fourth-order valence-corrected chi connectivity index (χ4v) is 8.48. The van der Waals surface area contributed by atoms with Crippen molar-refractivity contribution in [1.82, 2.24) is 9.80 Å². The summed E-state index contributed by atoms with van der Waals surface area (Å²) < 4.78 is 4.83. The van der Waals surface area contributed by atoms with E-state index in [0.29, 0.717) is 19.7 Å². The number of ether oxygens (including phenoxy) is 1. The predicted octanol–water partition coefficient (Wildman–Crippen LogP) is 3.40. The van der Waals surface area contributed by atoms with Crippen molar-refractivity contribution >= 4 is 29.5 Å². The number of esters is 1. The third kappa shape index (κ3) is 4.90. The molecule has 2 amide bonds. The fourth-order valence-electron chi connectivity index (χ4n) is 6.28. The highest BCUT2D eigenvalue weighted by atomic mass is 32.2. The maximum absolute atomic E-state index is 14.2. The number of hydrogen-bond donors (Lipinski definition) is 1. The summed E-state index contributed by atoms with van der Waals surface area (Å²) in [6.45, 7) is 11.2. The number of unbranched alkanes of at least 4 members (excludes halogenated alkanes) is 3. The van der Waals surface area contributed by atoms with Crippen LogP contribution in [0.25, 0.3) is 0 Å². The van der Waals surface area contributed by atoms with Crippen molar-refractivity contribution in [2.75, 3.05) is 26.3 Å². The highest BCUT2D eigenvalue weighted by Gasteiger charge is 2.74. The van der Waals surface area contributed by atoms with Crippen molar-refractivity contribution in [2.45, 2.75) is 94.2 Å². The monoisotopic (exact) mass is 494 g/mol. The van der Waals surface area contributed by atoms with Crippen LogP contribution in [0.1, 0.15) is 72.1 Å². The summed E-state index contributed by atoms with van der Waals surface area (Å²) in [5.41, 5.74) is 0. The molecule has 0 radical (unpaired) electrons. The van der Waals surface area contributed by atoms with Crippen LogP contribution < -0.4 is 0 Å². The van der Waals surface area contributed by atoms with E-state index < -0.39 is 22.6 Å². The van der Waals surface area contributed by atoms with Crippen LogP contribution in [0.15, 0.2) is 12.7 Å². The Labute approximate surface area is 208 Å². The van der Waals surface area contributed by atoms with Crippen molar-refractivity contribution in [3.05, 3.63) is 12.7 Å². The molecule has 3 unspecified atom stereocenters. The summed E-state index contributed by atoms with van der Waals surface area (Å²) in [6.07, 6.45) is 8.53. The molecule has 3 heterocycles. The number of thioether (sulfide) groups is 1. The molecule has 3 rings (SSSR count). The Morgan fingerprint density at radius 2 is 2.06 bits per heavy atom. The number of aliphatic hydroxyl groups excluding tert-OH is 1. The largest absolute Gasteiger partial charge is 0.466 e. The number of amides is 2. The second-order valence-corrected chi connectivity index (χ2v) is 11.5. The molecule has 3 fully saturated rings. The van der Waals surface area contributed by atoms with E-state index >= 15 is 0 Å². The minimum absolute atomic E-state index is 0.00952. The van der Waals surface area contributed by atoms with Crippen molar-refractivity contribution < 1.29 is 24.2 Å². The molecule has 192 valence electrons. The van der Waals surface area contributed by atoms with E-state index in [1.54, 1.807) is 29.7 Å². The van der Waals surface area contributed by atoms with Crippen molar-refractivity contribution in [1.29, 1.82) is 0 Å². The van der Waals surface area contributed by atoms with E-state index in [-0.39, 0.29) is 35.7 Å². The van der Waals surface area contributed by atoms with Crippen LogP contribution in [0.5, 0.6) is 0 Å². The zero-order chi connectivity index (χ0) is 24.9. The Morgan fingerprint density at radius 3 is 2.71 bits per heavy atom. The molecule has 0 aromatic carbocycles. The first-order chi connectivity index (χ1) is 16.4. The smallest absolute Gasteiger partial charge is 0.310 e. The molecule has 1 spiro atoms. The minimum Gasteiger partial charge on any atom is -0.466 e. The van der Waals surface area contributed by atoms with E-state index in [1.807, 2.05) is 4.90 Å². The number of carbonyl (C=O) groups excluding carboxylic acids is 3. The first-order valence-electron chi connectivity index (χ1n) is 13.0. The van der Waals surface area contributed by atoms with Crippen LogP contribution in [0, 0.1) is 11.8 Å². The average molecular weight is 495 g/mol. The van der Waals surface area contributed by atoms with Crippen LogP contribution >= 0.6 is 11.8 Å². The van der Waals surface area contributed by atoms with Crippen LogP contribution in [-0.2, 0) is 19.1 Å². The third-order valence-electron chi connectivity index (χ3n) is 7.75. The van der Waals surface area contributed by atoms with Gasteiger partial charge >= 0.3 is 5.97 Å². The van der Waals surface area contributed by atoms with Gasteiger partial charge in [-0.1, -0.05) is 32.3 Å². The number of hydrogen-bond acceptors (Lipinski definition) is 6. The summed E-state index contributed by atoms with van der Waals surface area (Å²) in [7, 11) is 0. The van der Waals surface area contributed by atoms with Crippen LogP contribution in [-0.4, -0.2) is 81.1 Å². The Hall–Kier alpha value is -1.54. The second-order valence-electron chi connectivity index (χ2n) is 9.89. The molecule has 0 aliphatic carbocycles. The lowest BCUT2D eigenvalue weighted by Crippen LogP contribution is -2.56. The van der Waals surface area contributed by atoms with Crippen LogP contribution in [0.4, 0.5) is 0 Å². The van der Waals surface area contributed by atoms with Gasteiger partial charge in [-0.2, -0.15) is 0 Å². The standard InChI is InChI=1S/C26H42N2O5S/c1-5-12-18(4)27(15-6-2)24(31)22-26-14-13-19(34-26)20(25(32)33-7-3)21(26)23(30)28(22)16-10-8-9-11-17-29/h6,18-22,29H,2,5,7-17H2,1,3-4H3/t18?,19-,20+,21-,22?,26?/m0/s1. The number of likely N-dealkylation sites (tertiary alicyclic amines) is 1. The molecule has 2 bridgehead atoms. The maximum Gasteiger partial charge on any atom is 0.310 e. The summed E-state index contributed by atoms with van der Waals surface area (Å²) in [5.74, 6) is -1.33. The first kappa shape index (κ1) is 27.1. The molecular formula is C26H42N2O5S. The van der Waals surface area contributed by atoms with Gasteiger partial charge in [-0.25, -0.2) is 0 Å². The third-order valence-corrected chi connectivity index (χ3v) is 9.70. The predicted molar refractivity (Wildman–Crippen MR) is 134 cm³/mol. The molecule has 8 heteroatoms. The zero-order valence-electron chi connectivity index (χ0n) is 21.0. The van der Waals surface area contributed by atoms with Gasteiger partial charge in [0.15, 0.2) is 0 Å². The summed E-state index contributed by atoms with van der Waals surface area (Å²) in [6, 6.07) is -0.506.